The van der Waals surface area contributed by atoms with E-state index in [1.165, 1.54) is 276 Å². The van der Waals surface area contributed by atoms with Gasteiger partial charge in [-0.2, -0.15) is 0 Å². The summed E-state index contributed by atoms with van der Waals surface area (Å²) in [4.78, 5) is 9.91. The van der Waals surface area contributed by atoms with Crippen LogP contribution < -0.4 is 32.8 Å². The second kappa shape index (κ2) is 37.9. The Morgan fingerprint density at radius 2 is 0.493 bits per heavy atom. The van der Waals surface area contributed by atoms with Crippen molar-refractivity contribution >= 4 is 283 Å². The second-order valence-electron chi connectivity index (χ2n) is 39.9. The monoisotopic (exact) mass is 2330 g/mol. The van der Waals surface area contributed by atoms with Crippen LogP contribution >= 0.6 is 0 Å². The van der Waals surface area contributed by atoms with E-state index in [0.29, 0.717) is 102 Å². The van der Waals surface area contributed by atoms with Crippen LogP contribution in [0.5, 0.6) is 0 Å². The summed E-state index contributed by atoms with van der Waals surface area (Å²) in [6.07, 6.45) is 6.10. The van der Waals surface area contributed by atoms with Gasteiger partial charge in [0.15, 0.2) is 0 Å². The van der Waals surface area contributed by atoms with Gasteiger partial charge in [-0.15, -0.1) is 0 Å². The number of aromatic nitrogens is 2. The fourth-order valence-electron chi connectivity index (χ4n) is 24.5. The van der Waals surface area contributed by atoms with Crippen molar-refractivity contribution in [1.29, 1.82) is 0 Å². The first-order valence-electron chi connectivity index (χ1n) is 50.4. The molecule has 28 aromatic rings. The molecule has 2 aliphatic rings. The summed E-state index contributed by atoms with van der Waals surface area (Å²) in [6, 6.07) is 148. The molecule has 2 nitrogen and oxygen atoms in total. The third-order valence-electron chi connectivity index (χ3n) is 30.5. The summed E-state index contributed by atoms with van der Waals surface area (Å²) in [5, 5.41) is 19.8. The van der Waals surface area contributed by atoms with E-state index in [9.17, 15) is 0 Å². The molecular weight excluding hydrogens is 2220 g/mol. The molecule has 11 heterocycles. The quantitative estimate of drug-likeness (QED) is 0.106. The normalized spacial score (nSPS) is 12.4. The van der Waals surface area contributed by atoms with E-state index < -0.39 is 0 Å². The Hall–Kier alpha value is -12.8. The van der Waals surface area contributed by atoms with E-state index >= 15 is 0 Å². The van der Waals surface area contributed by atoms with Gasteiger partial charge >= 0.3 is 902 Å². The van der Waals surface area contributed by atoms with Gasteiger partial charge in [0.1, 0.15) is 0 Å². The van der Waals surface area contributed by atoms with Crippen molar-refractivity contribution in [3.8, 4) is 44.8 Å². The number of nitrogens with zero attached hydrogens (tertiary/aromatic N) is 2. The van der Waals surface area contributed by atoms with Crippen molar-refractivity contribution < 1.29 is 0 Å². The average molecular weight is 2320 g/mol. The summed E-state index contributed by atoms with van der Waals surface area (Å²) in [5.41, 5.74) is 40.2. The Morgan fingerprint density at radius 3 is 0.836 bits per heavy atom. The summed E-state index contributed by atoms with van der Waals surface area (Å²) >= 11 is 2.28. The van der Waals surface area contributed by atoms with Crippen molar-refractivity contribution in [2.45, 2.75) is 74.1 Å². The Kier molecular flexibility index (Phi) is 23.8. The number of fused-ring (bicyclic) bond motifs is 25. The molecule has 30 rings (SSSR count). The maximum absolute atomic E-state index is 5.21. The number of pyridine rings is 2. The molecule has 9 aromatic heterocycles. The Bertz CT molecular complexity index is 9270. The van der Waals surface area contributed by atoms with Crippen molar-refractivity contribution in [3.05, 3.63) is 490 Å². The molecule has 0 saturated carbocycles. The van der Waals surface area contributed by atoms with Crippen molar-refractivity contribution in [3.63, 3.8) is 0 Å². The summed E-state index contributed by atoms with van der Waals surface area (Å²) in [7, 11) is 0. The van der Waals surface area contributed by atoms with Crippen LogP contribution in [0.2, 0.25) is 0 Å². The van der Waals surface area contributed by atoms with Gasteiger partial charge in [0.05, 0.1) is 0 Å². The van der Waals surface area contributed by atoms with Crippen molar-refractivity contribution in [2.75, 3.05) is 0 Å². The number of rotatable bonds is 9. The molecule has 146 heavy (non-hydrogen) atoms. The molecule has 2 aliphatic heterocycles. The number of hydrogen-bond donors (Lipinski definition) is 0. The summed E-state index contributed by atoms with van der Waals surface area (Å²) < 4.78 is 20.9. The Labute approximate surface area is 892 Å². The van der Waals surface area contributed by atoms with Gasteiger partial charge in [0.25, 0.3) is 0 Å². The minimum absolute atomic E-state index is 0.249. The van der Waals surface area contributed by atoms with E-state index in [4.69, 9.17) is 9.97 Å². The molecule has 0 bridgehead atoms. The number of hydrogen-bond acceptors (Lipinski definition) is 2. The molecule has 0 atom stereocenters. The van der Waals surface area contributed by atoms with Gasteiger partial charge in [-0.1, -0.05) is 0 Å². The number of benzene rings is 19. The zero-order valence-electron chi connectivity index (χ0n) is 82.1. The SMILES string of the molecule is Cc1cc(C)c2c(c1)Cc1cc(C)cc(C)c1B2c1ccc2[se]c3ccc(B4c5c(C)cc(C)cc5Cc5cc(C)cc(C)c54)cc3c2c1.c1cc(-c2cccc3c2[se]c2ccccc23)nc(-c2cccc3c2[se]c2ccccc23)c1.c1ccc(C(c2cccc3c2[se]c2ccccc23)c2cccc3c2[se]c2ccccc23)cc1.c1ccc2c(c1)[se]c1c(-c3cncc(-c4cccc5c4[se]c4ccccc45)c3)cccc12. The van der Waals surface area contributed by atoms with Crippen LogP contribution in [0.25, 0.3) is 180 Å². The van der Waals surface area contributed by atoms with Crippen LogP contribution in [0.1, 0.15) is 89.4 Å². The van der Waals surface area contributed by atoms with Crippen molar-refractivity contribution in [1.82, 2.24) is 9.97 Å². The molecular formula is C135H96B2N2Se7. The van der Waals surface area contributed by atoms with Gasteiger partial charge < -0.3 is 0 Å². The van der Waals surface area contributed by atoms with Gasteiger partial charge in [-0.3, -0.25) is 0 Å². The third-order valence-corrected chi connectivity index (χ3v) is 48.3. The zero-order valence-corrected chi connectivity index (χ0v) is 94.1. The molecule has 0 radical (unpaired) electrons. The van der Waals surface area contributed by atoms with Crippen LogP contribution in [0.4, 0.5) is 0 Å². The van der Waals surface area contributed by atoms with Gasteiger partial charge in [-0.05, 0) is 0 Å². The molecule has 0 aliphatic carbocycles. The molecule has 0 spiro atoms. The van der Waals surface area contributed by atoms with Crippen LogP contribution in [-0.4, -0.2) is 125 Å². The maximum atomic E-state index is 5.21. The fourth-order valence-corrected chi connectivity index (χ4v) is 42.3. The Morgan fingerprint density at radius 1 is 0.219 bits per heavy atom. The number of aryl methyl sites for hydroxylation is 8. The first-order valence-corrected chi connectivity index (χ1v) is 62.4. The first kappa shape index (κ1) is 91.9. The topological polar surface area (TPSA) is 25.8 Å². The molecule has 0 fully saturated rings. The molecule has 19 aromatic carbocycles. The average Bonchev–Trinajstić information content (AvgIpc) is 1.30. The first-order chi connectivity index (χ1) is 71.6. The molecule has 0 saturated heterocycles. The van der Waals surface area contributed by atoms with Crippen molar-refractivity contribution in [2.24, 2.45) is 0 Å². The molecule has 0 N–H and O–H groups in total. The second-order valence-corrected chi connectivity index (χ2v) is 55.5. The summed E-state index contributed by atoms with van der Waals surface area (Å²) in [6.45, 7) is 18.8. The van der Waals surface area contributed by atoms with Crippen LogP contribution in [-0.2, 0) is 12.8 Å². The van der Waals surface area contributed by atoms with E-state index in [0.717, 1.165) is 24.2 Å². The standard InChI is InChI=1S/C46H42B2Se.C31H20Se2.2C29H17NSe2/c1-25-13-29(5)43-33(17-25)21-34-18-26(2)14-30(6)44(34)47(43)37-9-11-41-39(23-37)40-24-38(10-12-42(40)49-41)48-45-31(7)15-27(3)19-35(45)22-36-20-28(4)16-32(8)46(36)48;1-2-10-20(11-3-1)29(25-16-8-14-23-21-12-4-6-18-27(21)32-30(23)25)26-17-9-15-24-22-13-5-7-19-28(22)33-31(24)26;1-3-16-26-18(8-1)20-10-5-12-22(28(20)31-26)24-14-7-15-25(30-24)23-13-6-11-21-19-9-2-4-17-27(19)32-29(21)23;1-3-13-26-22(7-1)24-11-5-9-20(28(24)31-26)18-15-19(17-30-16-18)21-10-6-12-25-23-8-2-4-14-27(23)32-29(21)25/h9-20,23-24H,21-22H2,1-8H3;1-19,29H;2*1-17H. The zero-order chi connectivity index (χ0) is 97.8. The minimum atomic E-state index is 0.249. The fraction of sp³-hybridized carbons (Fsp3) is 0.0815. The molecule has 11 heteroatoms. The van der Waals surface area contributed by atoms with Crippen LogP contribution in [0, 0.1) is 55.4 Å². The predicted molar refractivity (Wildman–Crippen MR) is 639 cm³/mol. The predicted octanol–water partition coefficient (Wildman–Crippen LogP) is 28.2. The Balaban J connectivity index is 0.0000000983. The van der Waals surface area contributed by atoms with E-state index in [1.807, 2.05) is 12.4 Å². The molecule has 694 valence electrons. The molecule has 0 unspecified atom stereocenters. The van der Waals surface area contributed by atoms with E-state index in [1.54, 1.807) is 8.52 Å². The van der Waals surface area contributed by atoms with Crippen LogP contribution in [0.3, 0.4) is 0 Å². The van der Waals surface area contributed by atoms with Gasteiger partial charge in [0, 0.05) is 0 Å². The summed E-state index contributed by atoms with van der Waals surface area (Å²) in [5.74, 6) is 0.253. The third kappa shape index (κ3) is 16.2. The molecule has 0 amide bonds. The van der Waals surface area contributed by atoms with Crippen LogP contribution in [0.15, 0.2) is 407 Å². The van der Waals surface area contributed by atoms with E-state index in [-0.39, 0.29) is 19.3 Å². The van der Waals surface area contributed by atoms with Gasteiger partial charge in [-0.25, -0.2) is 0 Å². The van der Waals surface area contributed by atoms with E-state index in [2.05, 4.69) is 450 Å². The van der Waals surface area contributed by atoms with Gasteiger partial charge in [0.2, 0.25) is 0 Å².